The molecular formula is C13H21NO3. The van der Waals surface area contributed by atoms with Gasteiger partial charge in [-0.1, -0.05) is 19.3 Å². The van der Waals surface area contributed by atoms with Crippen LogP contribution in [0.25, 0.3) is 0 Å². The van der Waals surface area contributed by atoms with Crippen molar-refractivity contribution in [1.29, 1.82) is 0 Å². The Hall–Kier alpha value is -1.06. The van der Waals surface area contributed by atoms with Gasteiger partial charge in [0.2, 0.25) is 0 Å². The van der Waals surface area contributed by atoms with Crippen molar-refractivity contribution in [2.45, 2.75) is 44.9 Å². The molecule has 1 amide bonds. The number of carbonyl (C=O) groups excluding carboxylic acids is 2. The predicted molar refractivity (Wildman–Crippen MR) is 63.3 cm³/mol. The molecule has 2 fully saturated rings. The summed E-state index contributed by atoms with van der Waals surface area (Å²) in [5.41, 5.74) is 0. The number of esters is 1. The van der Waals surface area contributed by atoms with E-state index in [1.165, 1.54) is 12.8 Å². The first-order chi connectivity index (χ1) is 8.27. The molecule has 4 heteroatoms. The van der Waals surface area contributed by atoms with Crippen molar-refractivity contribution in [3.63, 3.8) is 0 Å². The van der Waals surface area contributed by atoms with Gasteiger partial charge in [-0.15, -0.1) is 0 Å². The van der Waals surface area contributed by atoms with E-state index in [1.54, 1.807) is 0 Å². The molecule has 0 radical (unpaired) electrons. The fourth-order valence-corrected chi connectivity index (χ4v) is 2.31. The highest BCUT2D eigenvalue weighted by molar-refractivity contribution is 5.81. The summed E-state index contributed by atoms with van der Waals surface area (Å²) in [4.78, 5) is 25.2. The Labute approximate surface area is 102 Å². The zero-order valence-electron chi connectivity index (χ0n) is 10.3. The number of amides is 1. The van der Waals surface area contributed by atoms with Crippen molar-refractivity contribution >= 4 is 11.9 Å². The molecule has 1 saturated heterocycles. The van der Waals surface area contributed by atoms with Gasteiger partial charge < -0.3 is 9.64 Å². The summed E-state index contributed by atoms with van der Waals surface area (Å²) in [5, 5.41) is 0. The molecule has 0 aromatic rings. The molecule has 0 aromatic heterocycles. The lowest BCUT2D eigenvalue weighted by Gasteiger charge is -2.24. The molecule has 4 nitrogen and oxygen atoms in total. The Morgan fingerprint density at radius 1 is 1.00 bits per heavy atom. The maximum absolute atomic E-state index is 11.8. The van der Waals surface area contributed by atoms with Gasteiger partial charge in [0.25, 0.3) is 5.91 Å². The SMILES string of the molecule is O=C(OCC(=O)N1CCCCCC1)C1CCC1. The van der Waals surface area contributed by atoms with E-state index in [1.807, 2.05) is 4.90 Å². The number of likely N-dealkylation sites (tertiary alicyclic amines) is 1. The second-order valence-electron chi connectivity index (χ2n) is 5.03. The molecule has 96 valence electrons. The first kappa shape index (κ1) is 12.4. The van der Waals surface area contributed by atoms with Gasteiger partial charge in [0.15, 0.2) is 6.61 Å². The molecule has 2 rings (SSSR count). The lowest BCUT2D eigenvalue weighted by Crippen LogP contribution is -2.36. The number of carbonyl (C=O) groups is 2. The van der Waals surface area contributed by atoms with Crippen molar-refractivity contribution in [2.75, 3.05) is 19.7 Å². The van der Waals surface area contributed by atoms with Crippen LogP contribution in [0, 0.1) is 5.92 Å². The lowest BCUT2D eigenvalue weighted by atomic mass is 9.86. The molecule has 1 heterocycles. The fourth-order valence-electron chi connectivity index (χ4n) is 2.31. The van der Waals surface area contributed by atoms with E-state index in [2.05, 4.69) is 0 Å². The molecule has 0 atom stereocenters. The third-order valence-corrected chi connectivity index (χ3v) is 3.74. The van der Waals surface area contributed by atoms with Crippen LogP contribution in [-0.4, -0.2) is 36.5 Å². The van der Waals surface area contributed by atoms with E-state index in [4.69, 9.17) is 4.74 Å². The van der Waals surface area contributed by atoms with Crippen LogP contribution in [0.2, 0.25) is 0 Å². The lowest BCUT2D eigenvalue weighted by molar-refractivity contribution is -0.157. The summed E-state index contributed by atoms with van der Waals surface area (Å²) in [6.45, 7) is 1.58. The van der Waals surface area contributed by atoms with Gasteiger partial charge in [0, 0.05) is 13.1 Å². The molecule has 17 heavy (non-hydrogen) atoms. The number of hydrogen-bond donors (Lipinski definition) is 0. The van der Waals surface area contributed by atoms with Crippen molar-refractivity contribution in [3.8, 4) is 0 Å². The topological polar surface area (TPSA) is 46.6 Å². The van der Waals surface area contributed by atoms with E-state index in [-0.39, 0.29) is 24.4 Å². The van der Waals surface area contributed by atoms with Crippen LogP contribution in [0.3, 0.4) is 0 Å². The summed E-state index contributed by atoms with van der Waals surface area (Å²) in [6, 6.07) is 0. The van der Waals surface area contributed by atoms with Crippen LogP contribution in [0.5, 0.6) is 0 Å². The Morgan fingerprint density at radius 2 is 1.65 bits per heavy atom. The third kappa shape index (κ3) is 3.45. The zero-order chi connectivity index (χ0) is 12.1. The standard InChI is InChI=1S/C13H21NO3/c15-12(14-8-3-1-2-4-9-14)10-17-13(16)11-6-5-7-11/h11H,1-10H2. The van der Waals surface area contributed by atoms with Gasteiger partial charge in [-0.05, 0) is 25.7 Å². The number of nitrogens with zero attached hydrogens (tertiary/aromatic N) is 1. The molecule has 1 saturated carbocycles. The Bertz CT molecular complexity index is 278. The van der Waals surface area contributed by atoms with Crippen LogP contribution in [-0.2, 0) is 14.3 Å². The molecule has 1 aliphatic heterocycles. The smallest absolute Gasteiger partial charge is 0.309 e. The van der Waals surface area contributed by atoms with Gasteiger partial charge >= 0.3 is 5.97 Å². The molecule has 0 aromatic carbocycles. The first-order valence-electron chi connectivity index (χ1n) is 6.72. The number of rotatable bonds is 3. The third-order valence-electron chi connectivity index (χ3n) is 3.74. The largest absolute Gasteiger partial charge is 0.455 e. The van der Waals surface area contributed by atoms with E-state index < -0.39 is 0 Å². The number of hydrogen-bond acceptors (Lipinski definition) is 3. The van der Waals surface area contributed by atoms with Gasteiger partial charge in [-0.25, -0.2) is 0 Å². The molecule has 0 bridgehead atoms. The number of ether oxygens (including phenoxy) is 1. The average molecular weight is 239 g/mol. The predicted octanol–water partition coefficient (Wildman–Crippen LogP) is 1.73. The van der Waals surface area contributed by atoms with Crippen molar-refractivity contribution in [2.24, 2.45) is 5.92 Å². The quantitative estimate of drug-likeness (QED) is 0.705. The molecular weight excluding hydrogens is 218 g/mol. The Morgan fingerprint density at radius 3 is 2.18 bits per heavy atom. The Kier molecular flexibility index (Phi) is 4.40. The molecule has 1 aliphatic carbocycles. The first-order valence-corrected chi connectivity index (χ1v) is 6.72. The van der Waals surface area contributed by atoms with Crippen LogP contribution < -0.4 is 0 Å². The van der Waals surface area contributed by atoms with Crippen molar-refractivity contribution in [1.82, 2.24) is 4.90 Å². The van der Waals surface area contributed by atoms with Gasteiger partial charge in [-0.2, -0.15) is 0 Å². The van der Waals surface area contributed by atoms with E-state index in [9.17, 15) is 9.59 Å². The molecule has 0 unspecified atom stereocenters. The monoisotopic (exact) mass is 239 g/mol. The highest BCUT2D eigenvalue weighted by atomic mass is 16.5. The summed E-state index contributed by atoms with van der Waals surface area (Å²) >= 11 is 0. The van der Waals surface area contributed by atoms with Gasteiger partial charge in [0.05, 0.1) is 5.92 Å². The second-order valence-corrected chi connectivity index (χ2v) is 5.03. The van der Waals surface area contributed by atoms with Crippen LogP contribution >= 0.6 is 0 Å². The van der Waals surface area contributed by atoms with E-state index in [0.717, 1.165) is 45.2 Å². The summed E-state index contributed by atoms with van der Waals surface area (Å²) in [5.74, 6) is -0.147. The highest BCUT2D eigenvalue weighted by Crippen LogP contribution is 2.27. The van der Waals surface area contributed by atoms with Gasteiger partial charge in [0.1, 0.15) is 0 Å². The maximum atomic E-state index is 11.8. The minimum absolute atomic E-state index is 0.0282. The minimum atomic E-state index is -0.181. The molecule has 0 N–H and O–H groups in total. The normalized spacial score (nSPS) is 21.5. The van der Waals surface area contributed by atoms with Crippen LogP contribution in [0.15, 0.2) is 0 Å². The molecule has 2 aliphatic rings. The summed E-state index contributed by atoms with van der Waals surface area (Å²) in [6.07, 6.45) is 7.51. The van der Waals surface area contributed by atoms with Crippen LogP contribution in [0.1, 0.15) is 44.9 Å². The highest BCUT2D eigenvalue weighted by Gasteiger charge is 2.27. The maximum Gasteiger partial charge on any atom is 0.309 e. The fraction of sp³-hybridized carbons (Fsp3) is 0.846. The van der Waals surface area contributed by atoms with Crippen molar-refractivity contribution in [3.05, 3.63) is 0 Å². The summed E-state index contributed by atoms with van der Waals surface area (Å²) in [7, 11) is 0. The Balaban J connectivity index is 1.70. The minimum Gasteiger partial charge on any atom is -0.455 e. The van der Waals surface area contributed by atoms with Crippen LogP contribution in [0.4, 0.5) is 0 Å². The van der Waals surface area contributed by atoms with Crippen molar-refractivity contribution < 1.29 is 14.3 Å². The van der Waals surface area contributed by atoms with Gasteiger partial charge in [-0.3, -0.25) is 9.59 Å². The second kappa shape index (κ2) is 6.03. The van der Waals surface area contributed by atoms with E-state index in [0.29, 0.717) is 0 Å². The molecule has 0 spiro atoms. The zero-order valence-corrected chi connectivity index (χ0v) is 10.3. The summed E-state index contributed by atoms with van der Waals surface area (Å²) < 4.78 is 5.07. The van der Waals surface area contributed by atoms with E-state index >= 15 is 0 Å². The average Bonchev–Trinajstić information content (AvgIpc) is 2.52.